The smallest absolute Gasteiger partial charge is 0.314 e. The average molecular weight is 817 g/mol. The maximum Gasteiger partial charge on any atom is 0.314 e. The largest absolute Gasteiger partial charge is 0.383 e. The van der Waals surface area contributed by atoms with Crippen molar-refractivity contribution in [3.8, 4) is 0 Å². The lowest BCUT2D eigenvalue weighted by Gasteiger charge is -2.38. The minimum Gasteiger partial charge on any atom is -0.383 e. The number of nitrogens with one attached hydrogen (secondary N) is 1. The van der Waals surface area contributed by atoms with Gasteiger partial charge >= 0.3 is 23.6 Å². The lowest BCUT2D eigenvalue weighted by Crippen LogP contribution is -2.46. The Morgan fingerprint density at radius 2 is 1.33 bits per heavy atom. The van der Waals surface area contributed by atoms with Gasteiger partial charge in [0.15, 0.2) is 0 Å². The molecule has 3 aliphatic rings. The highest BCUT2D eigenvalue weighted by Gasteiger charge is 2.36. The lowest BCUT2D eigenvalue weighted by molar-refractivity contribution is -0.147. The Labute approximate surface area is 347 Å². The van der Waals surface area contributed by atoms with Crippen molar-refractivity contribution >= 4 is 67.8 Å². The Morgan fingerprint density at radius 3 is 1.88 bits per heavy atom. The number of likely N-dealkylation sites (tertiary alicyclic amines) is 2. The van der Waals surface area contributed by atoms with Crippen molar-refractivity contribution in [2.75, 3.05) is 30.7 Å². The molecule has 0 saturated carbocycles. The molecule has 5 atom stereocenters. The van der Waals surface area contributed by atoms with Crippen LogP contribution in [0.2, 0.25) is 0 Å². The van der Waals surface area contributed by atoms with Crippen LogP contribution in [0.15, 0.2) is 61.2 Å². The molecule has 17 heteroatoms. The fourth-order valence-corrected chi connectivity index (χ4v) is 9.04. The molecule has 3 fully saturated rings. The van der Waals surface area contributed by atoms with Crippen LogP contribution >= 0.6 is 0 Å². The summed E-state index contributed by atoms with van der Waals surface area (Å²) in [6.07, 6.45) is 13.2. The summed E-state index contributed by atoms with van der Waals surface area (Å²) in [5.41, 5.74) is 16.2. The average Bonchev–Trinajstić information content (AvgIpc) is 3.99. The summed E-state index contributed by atoms with van der Waals surface area (Å²) < 4.78 is 11.2. The number of hydrogen-bond donors (Lipinski definition) is 3. The van der Waals surface area contributed by atoms with Crippen molar-refractivity contribution < 1.29 is 23.9 Å². The number of rotatable bonds is 4. The number of carbonyl (C=O) groups excluding carboxylic acids is 4. The first-order valence-corrected chi connectivity index (χ1v) is 20.7. The summed E-state index contributed by atoms with van der Waals surface area (Å²) in [6, 6.07) is 11.6. The van der Waals surface area contributed by atoms with Gasteiger partial charge in [-0.3, -0.25) is 28.5 Å². The van der Waals surface area contributed by atoms with Gasteiger partial charge in [-0.05, 0) is 80.0 Å². The number of nitrogen functional groups attached to an aromatic ring is 1. The van der Waals surface area contributed by atoms with E-state index >= 15 is 0 Å². The monoisotopic (exact) mass is 816 g/mol. The molecule has 3 saturated heterocycles. The van der Waals surface area contributed by atoms with Crippen molar-refractivity contribution in [2.45, 2.75) is 77.1 Å². The highest BCUT2D eigenvalue weighted by Crippen LogP contribution is 2.39. The van der Waals surface area contributed by atoms with Crippen molar-refractivity contribution in [3.05, 3.63) is 72.3 Å². The second kappa shape index (κ2) is 16.7. The first kappa shape index (κ1) is 40.4. The molecule has 2 aromatic carbocycles. The Hall–Kier alpha value is -6.36. The van der Waals surface area contributed by atoms with Crippen molar-refractivity contribution in [2.24, 2.45) is 31.7 Å². The fraction of sp³-hybridized carbons (Fsp3) is 0.442. The van der Waals surface area contributed by atoms with Gasteiger partial charge in [0, 0.05) is 50.8 Å². The number of aryl methyl sites for hydroxylation is 2. The summed E-state index contributed by atoms with van der Waals surface area (Å²) >= 11 is 0. The molecule has 7 heterocycles. The number of fused-ring (bicyclic) bond motifs is 3. The Bertz CT molecular complexity index is 2590. The summed E-state index contributed by atoms with van der Waals surface area (Å²) in [5, 5.41) is 18.7. The zero-order valence-electron chi connectivity index (χ0n) is 34.5. The molecule has 0 bridgehead atoms. The van der Waals surface area contributed by atoms with Gasteiger partial charge in [-0.15, -0.1) is 0 Å². The van der Waals surface area contributed by atoms with Crippen molar-refractivity contribution in [3.63, 3.8) is 0 Å². The second-order valence-corrected chi connectivity index (χ2v) is 16.5. The summed E-state index contributed by atoms with van der Waals surface area (Å²) in [6.45, 7) is 5.92. The number of carbonyl (C=O) groups is 4. The fourth-order valence-electron chi connectivity index (χ4n) is 9.04. The van der Waals surface area contributed by atoms with Gasteiger partial charge in [0.05, 0.1) is 52.8 Å². The van der Waals surface area contributed by atoms with Gasteiger partial charge in [0.1, 0.15) is 17.6 Å². The first-order chi connectivity index (χ1) is 28.9. The Kier molecular flexibility index (Phi) is 11.3. The number of ether oxygens (including phenoxy) is 1. The van der Waals surface area contributed by atoms with E-state index in [1.165, 1.54) is 6.20 Å². The van der Waals surface area contributed by atoms with E-state index in [1.54, 1.807) is 20.7 Å². The van der Waals surface area contributed by atoms with E-state index in [0.717, 1.165) is 77.9 Å². The predicted octanol–water partition coefficient (Wildman–Crippen LogP) is 4.90. The predicted molar refractivity (Wildman–Crippen MR) is 226 cm³/mol. The first-order valence-electron chi connectivity index (χ1n) is 20.7. The molecule has 3 aliphatic heterocycles. The summed E-state index contributed by atoms with van der Waals surface area (Å²) in [5.74, 6) is -1.84. The molecule has 5 N–H and O–H groups in total. The minimum absolute atomic E-state index is 0.121. The zero-order valence-corrected chi connectivity index (χ0v) is 34.5. The van der Waals surface area contributed by atoms with E-state index in [-0.39, 0.29) is 24.2 Å². The normalized spacial score (nSPS) is 22.1. The van der Waals surface area contributed by atoms with Crippen LogP contribution in [0.4, 0.5) is 11.5 Å². The van der Waals surface area contributed by atoms with Crippen LogP contribution in [0.25, 0.3) is 32.7 Å². The quantitative estimate of drug-likeness (QED) is 0.205. The number of hydrogen-bond acceptors (Lipinski definition) is 10. The number of nitrogens with zero attached hydrogens (tertiary/aromatic N) is 9. The molecule has 60 heavy (non-hydrogen) atoms. The van der Waals surface area contributed by atoms with Gasteiger partial charge in [-0.2, -0.15) is 15.3 Å². The van der Waals surface area contributed by atoms with Crippen LogP contribution in [0.5, 0.6) is 0 Å². The third kappa shape index (κ3) is 7.76. The van der Waals surface area contributed by atoms with E-state index in [2.05, 4.69) is 39.4 Å². The third-order valence-corrected chi connectivity index (χ3v) is 12.2. The third-order valence-electron chi connectivity index (χ3n) is 12.2. The Morgan fingerprint density at radius 1 is 0.750 bits per heavy atom. The molecule has 4 amide bonds. The lowest BCUT2D eigenvalue weighted by atomic mass is 9.88. The number of nitrogens with two attached hydrogens (primary N) is 2. The van der Waals surface area contributed by atoms with Crippen LogP contribution in [-0.4, -0.2) is 87.5 Å². The molecule has 0 aliphatic carbocycles. The van der Waals surface area contributed by atoms with Crippen LogP contribution in [0.3, 0.4) is 0 Å². The molecule has 9 rings (SSSR count). The van der Waals surface area contributed by atoms with Gasteiger partial charge in [0.25, 0.3) is 0 Å². The number of pyridine rings is 1. The van der Waals surface area contributed by atoms with E-state index in [0.29, 0.717) is 48.0 Å². The van der Waals surface area contributed by atoms with Crippen LogP contribution in [0.1, 0.15) is 88.2 Å². The van der Waals surface area contributed by atoms with E-state index < -0.39 is 23.6 Å². The molecular weight excluding hydrogens is 765 g/mol. The number of benzene rings is 2. The molecule has 0 spiro atoms. The molecule has 6 aromatic rings. The van der Waals surface area contributed by atoms with Gasteiger partial charge in [-0.1, -0.05) is 38.1 Å². The highest BCUT2D eigenvalue weighted by molar-refractivity contribution is 6.40. The molecule has 314 valence electrons. The van der Waals surface area contributed by atoms with E-state index in [1.807, 2.05) is 72.3 Å². The van der Waals surface area contributed by atoms with Crippen LogP contribution in [0, 0.1) is 11.8 Å². The van der Waals surface area contributed by atoms with Gasteiger partial charge < -0.3 is 31.3 Å². The van der Waals surface area contributed by atoms with Crippen LogP contribution < -0.4 is 16.8 Å². The minimum atomic E-state index is -0.891. The number of anilines is 2. The standard InChI is InChI=1S/C27H32N8O3.C16H20N4O2/c1-16-9-10-22(17-6-5-7-21-18(17)12-30-33(21)2)34(14-16)27(37)26(36)31-20-13-29-25(28)19-15-35(32-24(19)20)23-8-3-4-11-38-23;1-10-6-7-14(20(9-10)16(22)15(17)21)11-4-3-5-13-12(11)8-18-19(13)2/h5-7,12-13,15-16,22-23H,3-4,8-11,14H2,1-2H3,(H2,28,29)(H,31,36);3-5,8,10,14H,6-7,9H2,1-2H3,(H2,17,21)/t16-,22?,23?;10-,14?/m00/s1. The molecular formula is C43H52N12O5. The maximum atomic E-state index is 13.6. The Balaban J connectivity index is 0.000000193. The van der Waals surface area contributed by atoms with E-state index in [9.17, 15) is 19.2 Å². The topological polar surface area (TPSA) is 214 Å². The molecule has 4 aromatic heterocycles. The van der Waals surface area contributed by atoms with Gasteiger partial charge in [0.2, 0.25) is 0 Å². The van der Waals surface area contributed by atoms with Crippen molar-refractivity contribution in [1.29, 1.82) is 0 Å². The zero-order chi connectivity index (χ0) is 42.2. The number of piperidine rings is 2. The summed E-state index contributed by atoms with van der Waals surface area (Å²) in [7, 11) is 3.79. The van der Waals surface area contributed by atoms with Crippen molar-refractivity contribution in [1.82, 2.24) is 44.1 Å². The maximum absolute atomic E-state index is 13.6. The highest BCUT2D eigenvalue weighted by atomic mass is 16.5. The number of primary amides is 1. The molecule has 3 unspecified atom stereocenters. The number of aromatic nitrogens is 7. The molecule has 0 radical (unpaired) electrons. The van der Waals surface area contributed by atoms with Crippen LogP contribution in [-0.2, 0) is 38.0 Å². The molecule has 17 nitrogen and oxygen atoms in total. The second-order valence-electron chi connectivity index (χ2n) is 16.5. The van der Waals surface area contributed by atoms with E-state index in [4.69, 9.17) is 16.2 Å². The number of amides is 4. The van der Waals surface area contributed by atoms with Gasteiger partial charge in [-0.25, -0.2) is 9.67 Å². The summed E-state index contributed by atoms with van der Waals surface area (Å²) in [4.78, 5) is 58.1. The SMILES string of the molecule is C[C@H]1CCC(c2cccc3c2cnn3C)N(C(=O)C(=O)Nc2cnc(N)c3cn(C4CCCCO4)nc23)C1.C[C@H]1CCC(c2cccc3c2cnn3C)N(C(=O)C(N)=O)C1.